The van der Waals surface area contributed by atoms with E-state index in [9.17, 15) is 9.59 Å². The Morgan fingerprint density at radius 1 is 1.32 bits per heavy atom. The number of fused-ring (bicyclic) bond motifs is 1. The molecule has 112 valence electrons. The molecule has 1 aliphatic heterocycles. The van der Waals surface area contributed by atoms with Crippen molar-refractivity contribution in [1.29, 1.82) is 0 Å². The van der Waals surface area contributed by atoms with Gasteiger partial charge in [0.1, 0.15) is 5.82 Å². The number of hydrogen-bond acceptors (Lipinski definition) is 4. The first-order valence-corrected chi connectivity index (χ1v) is 7.32. The van der Waals surface area contributed by atoms with E-state index in [2.05, 4.69) is 25.8 Å². The van der Waals surface area contributed by atoms with Gasteiger partial charge in [0.2, 0.25) is 11.9 Å². The van der Waals surface area contributed by atoms with Crippen molar-refractivity contribution in [2.24, 2.45) is 0 Å². The Labute approximate surface area is 126 Å². The van der Waals surface area contributed by atoms with Gasteiger partial charge in [-0.3, -0.25) is 20.0 Å². The lowest BCUT2D eigenvalue weighted by molar-refractivity contribution is -0.116. The van der Waals surface area contributed by atoms with Crippen LogP contribution in [0, 0.1) is 0 Å². The topological polar surface area (TPSA) is 99.8 Å². The van der Waals surface area contributed by atoms with E-state index in [-0.39, 0.29) is 24.3 Å². The number of aromatic amines is 1. The predicted octanol–water partition coefficient (Wildman–Crippen LogP) is 1.50. The number of nitrogens with zero attached hydrogens (tertiary/aromatic N) is 2. The van der Waals surface area contributed by atoms with Crippen molar-refractivity contribution in [2.45, 2.75) is 31.2 Å². The molecule has 1 aliphatic carbocycles. The number of rotatable bonds is 4. The second kappa shape index (κ2) is 4.94. The maximum atomic E-state index is 12.1. The van der Waals surface area contributed by atoms with E-state index >= 15 is 0 Å². The summed E-state index contributed by atoms with van der Waals surface area (Å²) in [4.78, 5) is 28.2. The van der Waals surface area contributed by atoms with Crippen LogP contribution >= 0.6 is 0 Å². The van der Waals surface area contributed by atoms with Gasteiger partial charge in [-0.1, -0.05) is 18.2 Å². The molecule has 2 aliphatic rings. The van der Waals surface area contributed by atoms with Gasteiger partial charge >= 0.3 is 0 Å². The summed E-state index contributed by atoms with van der Waals surface area (Å²) in [7, 11) is 0. The van der Waals surface area contributed by atoms with Gasteiger partial charge in [0.25, 0.3) is 5.91 Å². The molecule has 7 nitrogen and oxygen atoms in total. The van der Waals surface area contributed by atoms with Gasteiger partial charge in [0, 0.05) is 11.5 Å². The lowest BCUT2D eigenvalue weighted by Crippen LogP contribution is -2.24. The zero-order valence-electron chi connectivity index (χ0n) is 11.8. The van der Waals surface area contributed by atoms with Crippen LogP contribution in [0.1, 0.15) is 53.0 Å². The molecule has 2 aromatic rings. The van der Waals surface area contributed by atoms with Gasteiger partial charge in [0.15, 0.2) is 0 Å². The van der Waals surface area contributed by atoms with Crippen molar-refractivity contribution in [3.05, 3.63) is 41.2 Å². The number of H-pyrrole nitrogens is 1. The van der Waals surface area contributed by atoms with Gasteiger partial charge in [-0.15, -0.1) is 5.10 Å². The van der Waals surface area contributed by atoms with Crippen molar-refractivity contribution in [3.63, 3.8) is 0 Å². The van der Waals surface area contributed by atoms with Gasteiger partial charge in [-0.05, 0) is 24.5 Å². The van der Waals surface area contributed by atoms with Crippen molar-refractivity contribution in [2.75, 3.05) is 5.32 Å². The molecule has 1 saturated carbocycles. The fourth-order valence-corrected chi connectivity index (χ4v) is 2.71. The van der Waals surface area contributed by atoms with E-state index in [4.69, 9.17) is 0 Å². The maximum Gasteiger partial charge on any atom is 0.252 e. The first kappa shape index (κ1) is 13.0. The summed E-state index contributed by atoms with van der Waals surface area (Å²) >= 11 is 0. The Morgan fingerprint density at radius 2 is 2.14 bits per heavy atom. The summed E-state index contributed by atoms with van der Waals surface area (Å²) in [6, 6.07) is 7.00. The van der Waals surface area contributed by atoms with Gasteiger partial charge in [0.05, 0.1) is 12.5 Å². The Hall–Kier alpha value is -2.70. The number of hydrogen-bond donors (Lipinski definition) is 3. The van der Waals surface area contributed by atoms with Crippen LogP contribution in [0.2, 0.25) is 0 Å². The van der Waals surface area contributed by atoms with E-state index in [0.29, 0.717) is 17.4 Å². The van der Waals surface area contributed by atoms with Crippen molar-refractivity contribution >= 4 is 17.8 Å². The summed E-state index contributed by atoms with van der Waals surface area (Å²) in [6.45, 7) is 0. The summed E-state index contributed by atoms with van der Waals surface area (Å²) in [5.41, 5.74) is 1.49. The summed E-state index contributed by atoms with van der Waals surface area (Å²) in [5, 5.41) is 12.3. The quantitative estimate of drug-likeness (QED) is 0.796. The zero-order chi connectivity index (χ0) is 15.1. The molecule has 1 atom stereocenters. The summed E-state index contributed by atoms with van der Waals surface area (Å²) in [5.74, 6) is 1.23. The first-order valence-electron chi connectivity index (χ1n) is 7.32. The van der Waals surface area contributed by atoms with E-state index in [1.54, 1.807) is 6.07 Å². The standard InChI is InChI=1S/C15H15N5O2/c21-12(17-15-18-13(19-20-15)8-5-6-8)7-11-9-3-1-2-4-10(9)14(22)16-11/h1-4,8,11H,5-7H2,(H,16,22)(H2,17,18,19,20,21)/t11-/m1/s1. The Balaban J connectivity index is 1.42. The smallest absolute Gasteiger partial charge is 0.252 e. The van der Waals surface area contributed by atoms with Crippen LogP contribution in [0.5, 0.6) is 0 Å². The number of benzene rings is 1. The third-order valence-electron chi connectivity index (χ3n) is 3.99. The van der Waals surface area contributed by atoms with Gasteiger partial charge in [-0.2, -0.15) is 4.98 Å². The fourth-order valence-electron chi connectivity index (χ4n) is 2.71. The highest BCUT2D eigenvalue weighted by Crippen LogP contribution is 2.38. The van der Waals surface area contributed by atoms with Crippen LogP contribution in [-0.2, 0) is 4.79 Å². The number of anilines is 1. The minimum atomic E-state index is -0.300. The minimum Gasteiger partial charge on any atom is -0.345 e. The number of carbonyl (C=O) groups is 2. The number of amides is 2. The van der Waals surface area contributed by atoms with E-state index in [0.717, 1.165) is 24.2 Å². The zero-order valence-corrected chi connectivity index (χ0v) is 11.8. The van der Waals surface area contributed by atoms with E-state index in [1.165, 1.54) is 0 Å². The monoisotopic (exact) mass is 297 g/mol. The van der Waals surface area contributed by atoms with Crippen molar-refractivity contribution < 1.29 is 9.59 Å². The molecule has 1 fully saturated rings. The normalized spacial score (nSPS) is 19.6. The summed E-state index contributed by atoms with van der Waals surface area (Å²) in [6.07, 6.45) is 2.40. The molecule has 3 N–H and O–H groups in total. The van der Waals surface area contributed by atoms with E-state index < -0.39 is 0 Å². The third-order valence-corrected chi connectivity index (χ3v) is 3.99. The largest absolute Gasteiger partial charge is 0.345 e. The third kappa shape index (κ3) is 2.34. The molecule has 0 spiro atoms. The van der Waals surface area contributed by atoms with Crippen LogP contribution in [0.4, 0.5) is 5.95 Å². The molecule has 0 bridgehead atoms. The molecule has 0 radical (unpaired) electrons. The summed E-state index contributed by atoms with van der Waals surface area (Å²) < 4.78 is 0. The van der Waals surface area contributed by atoms with Crippen LogP contribution in [0.15, 0.2) is 24.3 Å². The van der Waals surface area contributed by atoms with Crippen molar-refractivity contribution in [3.8, 4) is 0 Å². The van der Waals surface area contributed by atoms with Gasteiger partial charge in [-0.25, -0.2) is 0 Å². The van der Waals surface area contributed by atoms with E-state index in [1.807, 2.05) is 18.2 Å². The SMILES string of the molecule is O=C(C[C@H]1NC(=O)c2ccccc21)Nc1n[nH]c(C2CC2)n1. The highest BCUT2D eigenvalue weighted by atomic mass is 16.2. The average Bonchev–Trinajstić information content (AvgIpc) is 3.19. The molecule has 7 heteroatoms. The second-order valence-electron chi connectivity index (χ2n) is 5.68. The molecule has 1 aromatic carbocycles. The molecule has 22 heavy (non-hydrogen) atoms. The van der Waals surface area contributed by atoms with Crippen LogP contribution in [-0.4, -0.2) is 27.0 Å². The molecule has 1 aromatic heterocycles. The fraction of sp³-hybridized carbons (Fsp3) is 0.333. The number of aromatic nitrogens is 3. The van der Waals surface area contributed by atoms with Crippen LogP contribution in [0.25, 0.3) is 0 Å². The van der Waals surface area contributed by atoms with Crippen LogP contribution in [0.3, 0.4) is 0 Å². The Bertz CT molecular complexity index is 750. The molecule has 2 amide bonds. The maximum absolute atomic E-state index is 12.1. The van der Waals surface area contributed by atoms with Crippen molar-refractivity contribution in [1.82, 2.24) is 20.5 Å². The Morgan fingerprint density at radius 3 is 2.95 bits per heavy atom. The molecular weight excluding hydrogens is 282 g/mol. The number of nitrogens with one attached hydrogen (secondary N) is 3. The number of carbonyl (C=O) groups excluding carboxylic acids is 2. The molecule has 4 rings (SSSR count). The Kier molecular flexibility index (Phi) is 2.92. The average molecular weight is 297 g/mol. The highest BCUT2D eigenvalue weighted by molar-refractivity contribution is 6.00. The molecular formula is C15H15N5O2. The van der Waals surface area contributed by atoms with Gasteiger partial charge < -0.3 is 5.32 Å². The molecule has 0 unspecified atom stereocenters. The lowest BCUT2D eigenvalue weighted by Gasteiger charge is -2.10. The first-order chi connectivity index (χ1) is 10.7. The minimum absolute atomic E-state index is 0.137. The predicted molar refractivity (Wildman–Crippen MR) is 78.3 cm³/mol. The van der Waals surface area contributed by atoms with Crippen LogP contribution < -0.4 is 10.6 Å². The highest BCUT2D eigenvalue weighted by Gasteiger charge is 2.30. The second-order valence-corrected chi connectivity index (χ2v) is 5.68. The molecule has 0 saturated heterocycles. The molecule has 2 heterocycles. The lowest BCUT2D eigenvalue weighted by atomic mass is 10.0.